The molecule has 0 saturated carbocycles. The Kier molecular flexibility index (Phi) is 5.95. The molecule has 0 bridgehead atoms. The standard InChI is InChI=1S/C17H15ClN2O4S/c1-12(21)20-25(23,24)16-9-7-15(8-10-16)19-17(22)11-4-13-2-5-14(18)6-3-13/h2-11H,1H3,(H,19,22)(H,20,21)/b11-4+. The minimum Gasteiger partial charge on any atom is -0.323 e. The molecular weight excluding hydrogens is 364 g/mol. The number of benzene rings is 2. The fourth-order valence-corrected chi connectivity index (χ4v) is 3.01. The normalized spacial score (nSPS) is 11.3. The fourth-order valence-electron chi connectivity index (χ4n) is 1.90. The van der Waals surface area contributed by atoms with Gasteiger partial charge in [-0.25, -0.2) is 13.1 Å². The first kappa shape index (κ1) is 18.7. The molecule has 8 heteroatoms. The molecule has 2 amide bonds. The highest BCUT2D eigenvalue weighted by molar-refractivity contribution is 7.90. The second kappa shape index (κ2) is 7.96. The predicted molar refractivity (Wildman–Crippen MR) is 96.6 cm³/mol. The van der Waals surface area contributed by atoms with Crippen molar-refractivity contribution in [3.8, 4) is 0 Å². The molecule has 0 saturated heterocycles. The first-order valence-electron chi connectivity index (χ1n) is 7.14. The molecule has 2 rings (SSSR count). The van der Waals surface area contributed by atoms with E-state index in [1.165, 1.54) is 30.3 Å². The molecule has 25 heavy (non-hydrogen) atoms. The Morgan fingerprint density at radius 1 is 1.00 bits per heavy atom. The third-order valence-electron chi connectivity index (χ3n) is 3.01. The van der Waals surface area contributed by atoms with Crippen molar-refractivity contribution in [2.75, 3.05) is 5.32 Å². The van der Waals surface area contributed by atoms with Crippen LogP contribution in [0.2, 0.25) is 5.02 Å². The number of anilines is 1. The van der Waals surface area contributed by atoms with Crippen LogP contribution in [0.25, 0.3) is 6.08 Å². The first-order chi connectivity index (χ1) is 11.8. The maximum Gasteiger partial charge on any atom is 0.264 e. The van der Waals surface area contributed by atoms with E-state index in [0.717, 1.165) is 12.5 Å². The summed E-state index contributed by atoms with van der Waals surface area (Å²) in [4.78, 5) is 22.7. The van der Waals surface area contributed by atoms with E-state index in [1.54, 1.807) is 30.3 Å². The lowest BCUT2D eigenvalue weighted by Crippen LogP contribution is -2.28. The van der Waals surface area contributed by atoms with Crippen molar-refractivity contribution in [2.24, 2.45) is 0 Å². The molecule has 0 atom stereocenters. The zero-order valence-electron chi connectivity index (χ0n) is 13.2. The molecular formula is C17H15ClN2O4S. The van der Waals surface area contributed by atoms with E-state index in [2.05, 4.69) is 5.32 Å². The van der Waals surface area contributed by atoms with E-state index in [0.29, 0.717) is 10.7 Å². The van der Waals surface area contributed by atoms with Gasteiger partial charge >= 0.3 is 0 Å². The summed E-state index contributed by atoms with van der Waals surface area (Å²) < 4.78 is 25.5. The van der Waals surface area contributed by atoms with Crippen molar-refractivity contribution >= 4 is 45.2 Å². The average Bonchev–Trinajstić information content (AvgIpc) is 2.54. The fraction of sp³-hybridized carbons (Fsp3) is 0.0588. The predicted octanol–water partition coefficient (Wildman–Crippen LogP) is 2.82. The van der Waals surface area contributed by atoms with Gasteiger partial charge in [0.05, 0.1) is 4.90 Å². The van der Waals surface area contributed by atoms with Crippen LogP contribution in [0.15, 0.2) is 59.5 Å². The number of amides is 2. The lowest BCUT2D eigenvalue weighted by atomic mass is 10.2. The van der Waals surface area contributed by atoms with E-state index in [-0.39, 0.29) is 10.8 Å². The molecule has 0 aliphatic rings. The monoisotopic (exact) mass is 378 g/mol. The first-order valence-corrected chi connectivity index (χ1v) is 9.00. The maximum absolute atomic E-state index is 11.9. The molecule has 2 N–H and O–H groups in total. The van der Waals surface area contributed by atoms with E-state index < -0.39 is 15.9 Å². The average molecular weight is 379 g/mol. The van der Waals surface area contributed by atoms with Crippen LogP contribution in [0.5, 0.6) is 0 Å². The Bertz CT molecular complexity index is 905. The quantitative estimate of drug-likeness (QED) is 0.782. The molecule has 130 valence electrons. The summed E-state index contributed by atoms with van der Waals surface area (Å²) in [7, 11) is -3.89. The second-order valence-electron chi connectivity index (χ2n) is 5.06. The van der Waals surface area contributed by atoms with Crippen LogP contribution < -0.4 is 10.0 Å². The minimum atomic E-state index is -3.89. The van der Waals surface area contributed by atoms with Crippen LogP contribution in [0.3, 0.4) is 0 Å². The van der Waals surface area contributed by atoms with Crippen molar-refractivity contribution < 1.29 is 18.0 Å². The topological polar surface area (TPSA) is 92.3 Å². The molecule has 0 aliphatic carbocycles. The van der Waals surface area contributed by atoms with Gasteiger partial charge in [-0.05, 0) is 48.0 Å². The van der Waals surface area contributed by atoms with Crippen molar-refractivity contribution in [3.05, 3.63) is 65.2 Å². The molecule has 0 heterocycles. The van der Waals surface area contributed by atoms with Crippen LogP contribution >= 0.6 is 11.6 Å². The summed E-state index contributed by atoms with van der Waals surface area (Å²) in [5, 5.41) is 3.22. The number of carbonyl (C=O) groups excluding carboxylic acids is 2. The number of carbonyl (C=O) groups is 2. The van der Waals surface area contributed by atoms with E-state index >= 15 is 0 Å². The number of hydrogen-bond donors (Lipinski definition) is 2. The van der Waals surface area contributed by atoms with Gasteiger partial charge in [-0.3, -0.25) is 9.59 Å². The highest BCUT2D eigenvalue weighted by Gasteiger charge is 2.15. The van der Waals surface area contributed by atoms with Crippen LogP contribution in [-0.2, 0) is 19.6 Å². The van der Waals surface area contributed by atoms with E-state index in [9.17, 15) is 18.0 Å². The molecule has 0 fully saturated rings. The second-order valence-corrected chi connectivity index (χ2v) is 7.18. The van der Waals surface area contributed by atoms with Crippen LogP contribution in [0.1, 0.15) is 12.5 Å². The van der Waals surface area contributed by atoms with Gasteiger partial charge in [0.25, 0.3) is 10.0 Å². The number of rotatable bonds is 5. The van der Waals surface area contributed by atoms with Gasteiger partial charge in [-0.1, -0.05) is 23.7 Å². The zero-order valence-corrected chi connectivity index (χ0v) is 14.8. The van der Waals surface area contributed by atoms with Gasteiger partial charge in [-0.2, -0.15) is 0 Å². The molecule has 0 spiro atoms. The largest absolute Gasteiger partial charge is 0.323 e. The summed E-state index contributed by atoms with van der Waals surface area (Å²) in [5.74, 6) is -1.04. The molecule has 0 aromatic heterocycles. The number of hydrogen-bond acceptors (Lipinski definition) is 4. The molecule has 2 aromatic rings. The van der Waals surface area contributed by atoms with Crippen LogP contribution in [0.4, 0.5) is 5.69 Å². The van der Waals surface area contributed by atoms with Crippen LogP contribution in [-0.4, -0.2) is 20.2 Å². The number of nitrogens with one attached hydrogen (secondary N) is 2. The van der Waals surface area contributed by atoms with Crippen molar-refractivity contribution in [1.82, 2.24) is 4.72 Å². The van der Waals surface area contributed by atoms with Gasteiger partial charge in [0.15, 0.2) is 0 Å². The Morgan fingerprint density at radius 2 is 1.60 bits per heavy atom. The third-order valence-corrected chi connectivity index (χ3v) is 4.71. The van der Waals surface area contributed by atoms with Crippen molar-refractivity contribution in [2.45, 2.75) is 11.8 Å². The lowest BCUT2D eigenvalue weighted by Gasteiger charge is -2.06. The summed E-state index contributed by atoms with van der Waals surface area (Å²) in [6.45, 7) is 1.11. The Balaban J connectivity index is 2.02. The minimum absolute atomic E-state index is 0.0718. The third kappa shape index (κ3) is 5.74. The highest BCUT2D eigenvalue weighted by Crippen LogP contribution is 2.14. The van der Waals surface area contributed by atoms with Crippen molar-refractivity contribution in [1.29, 1.82) is 0 Å². The van der Waals surface area contributed by atoms with Gasteiger partial charge in [0.1, 0.15) is 0 Å². The van der Waals surface area contributed by atoms with Crippen molar-refractivity contribution in [3.63, 3.8) is 0 Å². The van der Waals surface area contributed by atoms with E-state index in [1.807, 2.05) is 4.72 Å². The summed E-state index contributed by atoms with van der Waals surface area (Å²) in [6, 6.07) is 12.4. The number of halogens is 1. The summed E-state index contributed by atoms with van der Waals surface area (Å²) in [5.41, 5.74) is 1.24. The molecule has 2 aromatic carbocycles. The SMILES string of the molecule is CC(=O)NS(=O)(=O)c1ccc(NC(=O)/C=C/c2ccc(Cl)cc2)cc1. The van der Waals surface area contributed by atoms with Crippen LogP contribution in [0, 0.1) is 0 Å². The van der Waals surface area contributed by atoms with Gasteiger partial charge in [-0.15, -0.1) is 0 Å². The van der Waals surface area contributed by atoms with Gasteiger partial charge in [0.2, 0.25) is 11.8 Å². The molecule has 6 nitrogen and oxygen atoms in total. The lowest BCUT2D eigenvalue weighted by molar-refractivity contribution is -0.117. The van der Waals surface area contributed by atoms with Gasteiger partial charge in [0, 0.05) is 23.7 Å². The Labute approximate surface area is 150 Å². The smallest absolute Gasteiger partial charge is 0.264 e. The number of sulfonamides is 1. The summed E-state index contributed by atoms with van der Waals surface area (Å²) in [6.07, 6.45) is 2.98. The molecule has 0 radical (unpaired) electrons. The molecule has 0 aliphatic heterocycles. The maximum atomic E-state index is 11.9. The Hall–Kier alpha value is -2.64. The highest BCUT2D eigenvalue weighted by atomic mass is 35.5. The Morgan fingerprint density at radius 3 is 2.16 bits per heavy atom. The molecule has 0 unspecified atom stereocenters. The van der Waals surface area contributed by atoms with Gasteiger partial charge < -0.3 is 5.32 Å². The summed E-state index contributed by atoms with van der Waals surface area (Å²) >= 11 is 5.78. The zero-order chi connectivity index (χ0) is 18.4. The van der Waals surface area contributed by atoms with E-state index in [4.69, 9.17) is 11.6 Å².